The Hall–Kier alpha value is -1.59. The van der Waals surface area contributed by atoms with Crippen LogP contribution in [-0.4, -0.2) is 47.9 Å². The maximum absolute atomic E-state index is 12.7. The SMILES string of the molecule is CCN(CC)C1CCN(C(=O)c2ccc(NN)cc2C)C1. The summed E-state index contributed by atoms with van der Waals surface area (Å²) in [6, 6.07) is 6.11. The second kappa shape index (κ2) is 6.91. The van der Waals surface area contributed by atoms with Crippen LogP contribution in [0, 0.1) is 6.92 Å². The molecule has 1 fully saturated rings. The second-order valence-corrected chi connectivity index (χ2v) is 5.59. The zero-order chi connectivity index (χ0) is 15.4. The average Bonchev–Trinajstić information content (AvgIpc) is 2.97. The van der Waals surface area contributed by atoms with Gasteiger partial charge in [0.2, 0.25) is 0 Å². The molecule has 1 heterocycles. The van der Waals surface area contributed by atoms with Crippen LogP contribution in [0.15, 0.2) is 18.2 Å². The topological polar surface area (TPSA) is 61.6 Å². The molecule has 1 aromatic rings. The molecular weight excluding hydrogens is 264 g/mol. The Labute approximate surface area is 127 Å². The summed E-state index contributed by atoms with van der Waals surface area (Å²) >= 11 is 0. The van der Waals surface area contributed by atoms with Crippen molar-refractivity contribution < 1.29 is 4.79 Å². The minimum atomic E-state index is 0.130. The van der Waals surface area contributed by atoms with Gasteiger partial charge in [-0.2, -0.15) is 0 Å². The largest absolute Gasteiger partial charge is 0.337 e. The predicted octanol–water partition coefficient (Wildman–Crippen LogP) is 1.84. The number of rotatable bonds is 5. The molecule has 1 aliphatic rings. The number of nitrogens with one attached hydrogen (secondary N) is 1. The van der Waals surface area contributed by atoms with Crippen molar-refractivity contribution in [3.8, 4) is 0 Å². The van der Waals surface area contributed by atoms with Crippen LogP contribution in [0.25, 0.3) is 0 Å². The summed E-state index contributed by atoms with van der Waals surface area (Å²) in [5.74, 6) is 5.53. The minimum Gasteiger partial charge on any atom is -0.337 e. The van der Waals surface area contributed by atoms with E-state index in [9.17, 15) is 4.79 Å². The molecule has 1 amide bonds. The van der Waals surface area contributed by atoms with E-state index in [1.165, 1.54) is 0 Å². The molecule has 0 saturated carbocycles. The van der Waals surface area contributed by atoms with Gasteiger partial charge < -0.3 is 10.3 Å². The minimum absolute atomic E-state index is 0.130. The Morgan fingerprint density at radius 1 is 1.43 bits per heavy atom. The third-order valence-corrected chi connectivity index (χ3v) is 4.40. The van der Waals surface area contributed by atoms with Gasteiger partial charge in [-0.1, -0.05) is 13.8 Å². The molecule has 1 aromatic carbocycles. The molecule has 0 radical (unpaired) electrons. The number of benzene rings is 1. The third-order valence-electron chi connectivity index (χ3n) is 4.40. The molecule has 1 saturated heterocycles. The smallest absolute Gasteiger partial charge is 0.254 e. The number of aryl methyl sites for hydroxylation is 1. The molecule has 5 nitrogen and oxygen atoms in total. The van der Waals surface area contributed by atoms with E-state index < -0.39 is 0 Å². The molecule has 116 valence electrons. The first-order chi connectivity index (χ1) is 10.1. The van der Waals surface area contributed by atoms with Gasteiger partial charge in [0.05, 0.1) is 0 Å². The summed E-state index contributed by atoms with van der Waals surface area (Å²) in [5.41, 5.74) is 5.17. The van der Waals surface area contributed by atoms with E-state index in [1.54, 1.807) is 0 Å². The van der Waals surface area contributed by atoms with Crippen LogP contribution in [-0.2, 0) is 0 Å². The highest BCUT2D eigenvalue weighted by Gasteiger charge is 2.30. The van der Waals surface area contributed by atoms with Crippen molar-refractivity contribution in [2.75, 3.05) is 31.6 Å². The zero-order valence-electron chi connectivity index (χ0n) is 13.2. The summed E-state index contributed by atoms with van der Waals surface area (Å²) in [6.45, 7) is 10.1. The van der Waals surface area contributed by atoms with Gasteiger partial charge in [0.25, 0.3) is 5.91 Å². The van der Waals surface area contributed by atoms with Crippen molar-refractivity contribution in [2.45, 2.75) is 33.2 Å². The number of nitrogens with two attached hydrogens (primary N) is 1. The zero-order valence-corrected chi connectivity index (χ0v) is 13.2. The highest BCUT2D eigenvalue weighted by Crippen LogP contribution is 2.21. The Bertz CT molecular complexity index is 499. The number of amides is 1. The van der Waals surface area contributed by atoms with Crippen LogP contribution in [0.5, 0.6) is 0 Å². The van der Waals surface area contributed by atoms with E-state index in [-0.39, 0.29) is 5.91 Å². The van der Waals surface area contributed by atoms with Gasteiger partial charge in [-0.25, -0.2) is 0 Å². The highest BCUT2D eigenvalue weighted by atomic mass is 16.2. The summed E-state index contributed by atoms with van der Waals surface area (Å²) in [6.07, 6.45) is 1.06. The molecule has 1 unspecified atom stereocenters. The third kappa shape index (κ3) is 3.36. The lowest BCUT2D eigenvalue weighted by Gasteiger charge is -2.26. The van der Waals surface area contributed by atoms with Crippen LogP contribution in [0.2, 0.25) is 0 Å². The van der Waals surface area contributed by atoms with Crippen LogP contribution >= 0.6 is 0 Å². The number of carbonyl (C=O) groups excluding carboxylic acids is 1. The lowest BCUT2D eigenvalue weighted by molar-refractivity contribution is 0.0777. The summed E-state index contributed by atoms with van der Waals surface area (Å²) in [7, 11) is 0. The molecule has 0 bridgehead atoms. The van der Waals surface area contributed by atoms with Crippen molar-refractivity contribution >= 4 is 11.6 Å². The Morgan fingerprint density at radius 2 is 2.14 bits per heavy atom. The number of likely N-dealkylation sites (tertiary alicyclic amines) is 1. The molecule has 1 atom stereocenters. The van der Waals surface area contributed by atoms with Crippen LogP contribution < -0.4 is 11.3 Å². The molecule has 0 spiro atoms. The van der Waals surface area contributed by atoms with Gasteiger partial charge in [0, 0.05) is 30.4 Å². The Balaban J connectivity index is 2.08. The monoisotopic (exact) mass is 290 g/mol. The van der Waals surface area contributed by atoms with Gasteiger partial charge >= 0.3 is 0 Å². The molecule has 21 heavy (non-hydrogen) atoms. The maximum Gasteiger partial charge on any atom is 0.254 e. The van der Waals surface area contributed by atoms with Crippen molar-refractivity contribution in [1.82, 2.24) is 9.80 Å². The van der Waals surface area contributed by atoms with Gasteiger partial charge in [-0.05, 0) is 50.2 Å². The lowest BCUT2D eigenvalue weighted by Crippen LogP contribution is -2.38. The maximum atomic E-state index is 12.7. The Kier molecular flexibility index (Phi) is 5.20. The van der Waals surface area contributed by atoms with E-state index in [4.69, 9.17) is 5.84 Å². The number of nitrogens with zero attached hydrogens (tertiary/aromatic N) is 2. The van der Waals surface area contributed by atoms with Gasteiger partial charge in [-0.15, -0.1) is 0 Å². The Morgan fingerprint density at radius 3 is 2.71 bits per heavy atom. The van der Waals surface area contributed by atoms with Crippen molar-refractivity contribution in [1.29, 1.82) is 0 Å². The van der Waals surface area contributed by atoms with Crippen LogP contribution in [0.3, 0.4) is 0 Å². The first-order valence-corrected chi connectivity index (χ1v) is 7.71. The van der Waals surface area contributed by atoms with Gasteiger partial charge in [-0.3, -0.25) is 15.5 Å². The quantitative estimate of drug-likeness (QED) is 0.641. The highest BCUT2D eigenvalue weighted by molar-refractivity contribution is 5.96. The standard InChI is InChI=1S/C16H26N4O/c1-4-19(5-2)14-8-9-20(11-14)16(21)15-7-6-13(18-17)10-12(15)3/h6-7,10,14,18H,4-5,8-9,11,17H2,1-3H3. The fraction of sp³-hybridized carbons (Fsp3) is 0.562. The van der Waals surface area contributed by atoms with E-state index in [0.29, 0.717) is 6.04 Å². The molecule has 1 aliphatic heterocycles. The predicted molar refractivity (Wildman–Crippen MR) is 86.2 cm³/mol. The van der Waals surface area contributed by atoms with E-state index in [0.717, 1.165) is 49.4 Å². The average molecular weight is 290 g/mol. The molecule has 3 N–H and O–H groups in total. The number of hydrazine groups is 1. The van der Waals surface area contributed by atoms with Crippen LogP contribution in [0.4, 0.5) is 5.69 Å². The molecule has 2 rings (SSSR count). The number of hydrogen-bond donors (Lipinski definition) is 2. The normalized spacial score (nSPS) is 18.3. The number of carbonyl (C=O) groups is 1. The second-order valence-electron chi connectivity index (χ2n) is 5.59. The van der Waals surface area contributed by atoms with Crippen molar-refractivity contribution in [3.05, 3.63) is 29.3 Å². The van der Waals surface area contributed by atoms with E-state index in [2.05, 4.69) is 24.2 Å². The number of nitrogen functional groups attached to an aromatic ring is 1. The van der Waals surface area contributed by atoms with Gasteiger partial charge in [0.1, 0.15) is 0 Å². The number of hydrogen-bond acceptors (Lipinski definition) is 4. The molecule has 0 aromatic heterocycles. The van der Waals surface area contributed by atoms with Gasteiger partial charge in [0.15, 0.2) is 0 Å². The fourth-order valence-corrected chi connectivity index (χ4v) is 3.13. The van der Waals surface area contributed by atoms with Crippen LogP contribution in [0.1, 0.15) is 36.2 Å². The fourth-order valence-electron chi connectivity index (χ4n) is 3.13. The van der Waals surface area contributed by atoms with Crippen molar-refractivity contribution in [2.24, 2.45) is 5.84 Å². The number of anilines is 1. The first-order valence-electron chi connectivity index (χ1n) is 7.71. The molecule has 0 aliphatic carbocycles. The number of likely N-dealkylation sites (N-methyl/N-ethyl adjacent to an activating group) is 1. The van der Waals surface area contributed by atoms with E-state index in [1.807, 2.05) is 30.0 Å². The van der Waals surface area contributed by atoms with Crippen molar-refractivity contribution in [3.63, 3.8) is 0 Å². The van der Waals surface area contributed by atoms with E-state index >= 15 is 0 Å². The summed E-state index contributed by atoms with van der Waals surface area (Å²) < 4.78 is 0. The molecule has 5 heteroatoms. The lowest BCUT2D eigenvalue weighted by atomic mass is 10.1. The summed E-state index contributed by atoms with van der Waals surface area (Å²) in [4.78, 5) is 17.1. The summed E-state index contributed by atoms with van der Waals surface area (Å²) in [5, 5.41) is 0. The molecular formula is C16H26N4O. The first kappa shape index (κ1) is 15.8.